The highest BCUT2D eigenvalue weighted by Gasteiger charge is 2.14. The molecule has 6 heteroatoms. The SMILES string of the molecule is O=C(CCN1CCOCC1)Nc1ccccc1-c1nc2ccccc2[nH]1. The van der Waals surface area contributed by atoms with Crippen molar-refractivity contribution in [3.05, 3.63) is 48.5 Å². The summed E-state index contributed by atoms with van der Waals surface area (Å²) in [4.78, 5) is 22.6. The smallest absolute Gasteiger partial charge is 0.225 e. The molecule has 2 heterocycles. The van der Waals surface area contributed by atoms with Crippen LogP contribution in [0.2, 0.25) is 0 Å². The maximum atomic E-state index is 12.4. The first-order valence-corrected chi connectivity index (χ1v) is 8.94. The number of fused-ring (bicyclic) bond motifs is 1. The Morgan fingerprint density at radius 3 is 2.73 bits per heavy atom. The Morgan fingerprint density at radius 1 is 1.12 bits per heavy atom. The van der Waals surface area contributed by atoms with Crippen LogP contribution in [-0.4, -0.2) is 53.6 Å². The van der Waals surface area contributed by atoms with E-state index in [-0.39, 0.29) is 5.91 Å². The first-order valence-electron chi connectivity index (χ1n) is 8.94. The molecule has 0 spiro atoms. The molecule has 2 N–H and O–H groups in total. The molecule has 1 aliphatic rings. The lowest BCUT2D eigenvalue weighted by atomic mass is 10.1. The number of imidazole rings is 1. The average Bonchev–Trinajstić information content (AvgIpc) is 3.12. The molecule has 1 saturated heterocycles. The summed E-state index contributed by atoms with van der Waals surface area (Å²) < 4.78 is 5.34. The molecule has 0 unspecified atom stereocenters. The number of hydrogen-bond acceptors (Lipinski definition) is 4. The lowest BCUT2D eigenvalue weighted by molar-refractivity contribution is -0.116. The van der Waals surface area contributed by atoms with Crippen LogP contribution in [0.15, 0.2) is 48.5 Å². The Kier molecular flexibility index (Phi) is 4.95. The van der Waals surface area contributed by atoms with Crippen LogP contribution in [0.4, 0.5) is 5.69 Å². The molecule has 2 aromatic carbocycles. The van der Waals surface area contributed by atoms with E-state index < -0.39 is 0 Å². The van der Waals surface area contributed by atoms with Gasteiger partial charge in [0.2, 0.25) is 5.91 Å². The average molecular weight is 350 g/mol. The second-order valence-corrected chi connectivity index (χ2v) is 6.40. The summed E-state index contributed by atoms with van der Waals surface area (Å²) in [6.07, 6.45) is 0.467. The number of H-pyrrole nitrogens is 1. The van der Waals surface area contributed by atoms with Gasteiger partial charge in [0.05, 0.1) is 29.9 Å². The van der Waals surface area contributed by atoms with Crippen LogP contribution in [0.5, 0.6) is 0 Å². The van der Waals surface area contributed by atoms with E-state index >= 15 is 0 Å². The van der Waals surface area contributed by atoms with Gasteiger partial charge < -0.3 is 15.0 Å². The summed E-state index contributed by atoms with van der Waals surface area (Å²) in [5.41, 5.74) is 3.56. The van der Waals surface area contributed by atoms with E-state index in [0.29, 0.717) is 6.42 Å². The van der Waals surface area contributed by atoms with Crippen LogP contribution in [0, 0.1) is 0 Å². The zero-order valence-electron chi connectivity index (χ0n) is 14.6. The van der Waals surface area contributed by atoms with Gasteiger partial charge in [-0.2, -0.15) is 0 Å². The Morgan fingerprint density at radius 2 is 1.88 bits per heavy atom. The molecule has 0 saturated carbocycles. The topological polar surface area (TPSA) is 70.2 Å². The number of aromatic nitrogens is 2. The first-order chi connectivity index (χ1) is 12.8. The van der Waals surface area contributed by atoms with Gasteiger partial charge in [-0.15, -0.1) is 0 Å². The lowest BCUT2D eigenvalue weighted by Crippen LogP contribution is -2.38. The van der Waals surface area contributed by atoms with Crippen molar-refractivity contribution >= 4 is 22.6 Å². The third-order valence-electron chi connectivity index (χ3n) is 4.60. The summed E-state index contributed by atoms with van der Waals surface area (Å²) >= 11 is 0. The molecule has 6 nitrogen and oxygen atoms in total. The van der Waals surface area contributed by atoms with Crippen molar-refractivity contribution in [1.82, 2.24) is 14.9 Å². The van der Waals surface area contributed by atoms with Crippen molar-refractivity contribution < 1.29 is 9.53 Å². The molecule has 0 bridgehead atoms. The van der Waals surface area contributed by atoms with Crippen molar-refractivity contribution in [2.24, 2.45) is 0 Å². The number of aromatic amines is 1. The Hall–Kier alpha value is -2.70. The normalized spacial score (nSPS) is 15.2. The second-order valence-electron chi connectivity index (χ2n) is 6.40. The van der Waals surface area contributed by atoms with Gasteiger partial charge in [0.15, 0.2) is 0 Å². The predicted octanol–water partition coefficient (Wildman–Crippen LogP) is 2.89. The van der Waals surface area contributed by atoms with Crippen molar-refractivity contribution in [3.8, 4) is 11.4 Å². The quantitative estimate of drug-likeness (QED) is 0.742. The number of benzene rings is 2. The molecule has 4 rings (SSSR count). The Balaban J connectivity index is 1.47. The number of amides is 1. The summed E-state index contributed by atoms with van der Waals surface area (Å²) in [5, 5.41) is 3.04. The number of morpholine rings is 1. The maximum Gasteiger partial charge on any atom is 0.225 e. The van der Waals surface area contributed by atoms with E-state index in [9.17, 15) is 4.79 Å². The highest BCUT2D eigenvalue weighted by Crippen LogP contribution is 2.27. The van der Waals surface area contributed by atoms with Crippen LogP contribution in [0.25, 0.3) is 22.4 Å². The zero-order chi connectivity index (χ0) is 17.8. The summed E-state index contributed by atoms with van der Waals surface area (Å²) in [5.74, 6) is 0.773. The van der Waals surface area contributed by atoms with Crippen molar-refractivity contribution in [2.45, 2.75) is 6.42 Å². The standard InChI is InChI=1S/C20H22N4O2/c25-19(9-10-24-11-13-26-14-12-24)21-16-6-2-1-5-15(16)20-22-17-7-3-4-8-18(17)23-20/h1-8H,9-14H2,(H,21,25)(H,22,23). The number of hydrogen-bond donors (Lipinski definition) is 2. The van der Waals surface area contributed by atoms with E-state index in [4.69, 9.17) is 4.74 Å². The van der Waals surface area contributed by atoms with Crippen LogP contribution in [-0.2, 0) is 9.53 Å². The fraction of sp³-hybridized carbons (Fsp3) is 0.300. The van der Waals surface area contributed by atoms with Gasteiger partial charge in [-0.1, -0.05) is 24.3 Å². The van der Waals surface area contributed by atoms with Gasteiger partial charge in [0.25, 0.3) is 0 Å². The van der Waals surface area contributed by atoms with Gasteiger partial charge in [-0.25, -0.2) is 4.98 Å². The molecule has 0 aliphatic carbocycles. The fourth-order valence-corrected chi connectivity index (χ4v) is 3.18. The predicted molar refractivity (Wildman–Crippen MR) is 102 cm³/mol. The molecule has 1 aromatic heterocycles. The van der Waals surface area contributed by atoms with Gasteiger partial charge >= 0.3 is 0 Å². The first kappa shape index (κ1) is 16.8. The fourth-order valence-electron chi connectivity index (χ4n) is 3.18. The Labute approximate surface area is 152 Å². The maximum absolute atomic E-state index is 12.4. The largest absolute Gasteiger partial charge is 0.379 e. The number of nitrogens with one attached hydrogen (secondary N) is 2. The van der Waals surface area contributed by atoms with E-state index in [1.807, 2.05) is 48.5 Å². The number of nitrogens with zero attached hydrogens (tertiary/aromatic N) is 2. The van der Waals surface area contributed by atoms with Gasteiger partial charge in [-0.05, 0) is 24.3 Å². The lowest BCUT2D eigenvalue weighted by Gasteiger charge is -2.26. The molecule has 134 valence electrons. The highest BCUT2D eigenvalue weighted by molar-refractivity contribution is 5.95. The molecular formula is C20H22N4O2. The minimum atomic E-state index is 0.0139. The monoisotopic (exact) mass is 350 g/mol. The molecule has 0 atom stereocenters. The minimum absolute atomic E-state index is 0.0139. The van der Waals surface area contributed by atoms with E-state index in [2.05, 4.69) is 20.2 Å². The number of anilines is 1. The second kappa shape index (κ2) is 7.68. The molecule has 3 aromatic rings. The molecular weight excluding hydrogens is 328 g/mol. The van der Waals surface area contributed by atoms with Gasteiger partial charge in [-0.3, -0.25) is 9.69 Å². The number of para-hydroxylation sites is 3. The van der Waals surface area contributed by atoms with E-state index in [1.54, 1.807) is 0 Å². The number of rotatable bonds is 5. The molecule has 0 radical (unpaired) electrons. The third-order valence-corrected chi connectivity index (χ3v) is 4.60. The van der Waals surface area contributed by atoms with Crippen molar-refractivity contribution in [3.63, 3.8) is 0 Å². The molecule has 26 heavy (non-hydrogen) atoms. The molecule has 1 fully saturated rings. The summed E-state index contributed by atoms with van der Waals surface area (Å²) in [6.45, 7) is 4.03. The number of carbonyl (C=O) groups is 1. The number of ether oxygens (including phenoxy) is 1. The van der Waals surface area contributed by atoms with Gasteiger partial charge in [0, 0.05) is 31.6 Å². The minimum Gasteiger partial charge on any atom is -0.379 e. The number of carbonyl (C=O) groups excluding carboxylic acids is 1. The molecule has 1 aliphatic heterocycles. The Bertz CT molecular complexity index is 866. The third kappa shape index (κ3) is 3.76. The van der Waals surface area contributed by atoms with E-state index in [0.717, 1.165) is 61.0 Å². The van der Waals surface area contributed by atoms with Crippen molar-refractivity contribution in [1.29, 1.82) is 0 Å². The van der Waals surface area contributed by atoms with Crippen LogP contribution < -0.4 is 5.32 Å². The highest BCUT2D eigenvalue weighted by atomic mass is 16.5. The van der Waals surface area contributed by atoms with Crippen LogP contribution in [0.1, 0.15) is 6.42 Å². The van der Waals surface area contributed by atoms with Gasteiger partial charge in [0.1, 0.15) is 5.82 Å². The van der Waals surface area contributed by atoms with Crippen molar-refractivity contribution in [2.75, 3.05) is 38.2 Å². The zero-order valence-corrected chi connectivity index (χ0v) is 14.6. The van der Waals surface area contributed by atoms with E-state index in [1.165, 1.54) is 0 Å². The van der Waals surface area contributed by atoms with Crippen LogP contribution in [0.3, 0.4) is 0 Å². The van der Waals surface area contributed by atoms with Crippen LogP contribution >= 0.6 is 0 Å². The summed E-state index contributed by atoms with van der Waals surface area (Å²) in [6, 6.07) is 15.7. The molecule has 1 amide bonds. The summed E-state index contributed by atoms with van der Waals surface area (Å²) in [7, 11) is 0.